The molecule has 0 radical (unpaired) electrons. The van der Waals surface area contributed by atoms with E-state index in [1.807, 2.05) is 24.3 Å². The van der Waals surface area contributed by atoms with Gasteiger partial charge in [-0.15, -0.1) is 0 Å². The van der Waals surface area contributed by atoms with Gasteiger partial charge in [-0.05, 0) is 18.2 Å². The van der Waals surface area contributed by atoms with Crippen molar-refractivity contribution in [1.29, 1.82) is 5.41 Å². The lowest BCUT2D eigenvalue weighted by Gasteiger charge is -2.11. The summed E-state index contributed by atoms with van der Waals surface area (Å²) >= 11 is 12.4. The highest BCUT2D eigenvalue weighted by Crippen LogP contribution is 2.38. The number of hydrogen-bond donors (Lipinski definition) is 2. The SMILES string of the molecule is N=Cc1c(O)n(-c2c(Cl)cccc2Cl)c2ccccc12. The van der Waals surface area contributed by atoms with Crippen molar-refractivity contribution in [3.05, 3.63) is 58.1 Å². The Labute approximate surface area is 125 Å². The van der Waals surface area contributed by atoms with Crippen LogP contribution in [0.25, 0.3) is 16.6 Å². The molecule has 100 valence electrons. The molecule has 0 spiro atoms. The molecule has 2 aromatic carbocycles. The monoisotopic (exact) mass is 304 g/mol. The second-order valence-corrected chi connectivity index (χ2v) is 5.12. The Hall–Kier alpha value is -1.97. The van der Waals surface area contributed by atoms with Crippen molar-refractivity contribution >= 4 is 40.3 Å². The van der Waals surface area contributed by atoms with Crippen molar-refractivity contribution in [3.8, 4) is 11.6 Å². The van der Waals surface area contributed by atoms with Gasteiger partial charge in [0, 0.05) is 11.6 Å². The predicted octanol–water partition coefficient (Wildman–Crippen LogP) is 4.64. The molecule has 0 atom stereocenters. The molecule has 5 heteroatoms. The average molecular weight is 305 g/mol. The zero-order chi connectivity index (χ0) is 14.3. The van der Waals surface area contributed by atoms with Gasteiger partial charge in [-0.25, -0.2) is 0 Å². The molecule has 0 bridgehead atoms. The van der Waals surface area contributed by atoms with E-state index >= 15 is 0 Å². The quantitative estimate of drug-likeness (QED) is 0.666. The number of nitrogens with one attached hydrogen (secondary N) is 1. The van der Waals surface area contributed by atoms with Gasteiger partial charge in [0.15, 0.2) is 0 Å². The molecule has 3 nitrogen and oxygen atoms in total. The Balaban J connectivity index is 2.49. The Morgan fingerprint density at radius 1 is 1.00 bits per heavy atom. The summed E-state index contributed by atoms with van der Waals surface area (Å²) in [5.41, 5.74) is 1.70. The second-order valence-electron chi connectivity index (χ2n) is 4.30. The minimum atomic E-state index is -0.0452. The van der Waals surface area contributed by atoms with E-state index in [0.717, 1.165) is 17.1 Å². The fourth-order valence-electron chi connectivity index (χ4n) is 2.32. The van der Waals surface area contributed by atoms with E-state index in [1.54, 1.807) is 22.8 Å². The van der Waals surface area contributed by atoms with E-state index in [-0.39, 0.29) is 5.88 Å². The Morgan fingerprint density at radius 3 is 2.30 bits per heavy atom. The number of nitrogens with zero attached hydrogens (tertiary/aromatic N) is 1. The molecule has 0 saturated carbocycles. The number of rotatable bonds is 2. The summed E-state index contributed by atoms with van der Waals surface area (Å²) in [6.45, 7) is 0. The first kappa shape index (κ1) is 13.0. The van der Waals surface area contributed by atoms with Crippen LogP contribution in [0, 0.1) is 5.41 Å². The molecule has 3 rings (SSSR count). The van der Waals surface area contributed by atoms with Crippen LogP contribution in [0.5, 0.6) is 5.88 Å². The molecule has 0 aliphatic rings. The average Bonchev–Trinajstić information content (AvgIpc) is 2.71. The zero-order valence-electron chi connectivity index (χ0n) is 10.3. The summed E-state index contributed by atoms with van der Waals surface area (Å²) in [5.74, 6) is -0.0452. The van der Waals surface area contributed by atoms with Gasteiger partial charge < -0.3 is 10.5 Å². The lowest BCUT2D eigenvalue weighted by molar-refractivity contribution is 0.444. The maximum atomic E-state index is 10.4. The van der Waals surface area contributed by atoms with Gasteiger partial charge in [0.2, 0.25) is 5.88 Å². The molecule has 20 heavy (non-hydrogen) atoms. The molecule has 1 aromatic heterocycles. The molecule has 0 unspecified atom stereocenters. The topological polar surface area (TPSA) is 49.0 Å². The van der Waals surface area contributed by atoms with Crippen molar-refractivity contribution in [1.82, 2.24) is 4.57 Å². The highest BCUT2D eigenvalue weighted by atomic mass is 35.5. The van der Waals surface area contributed by atoms with Crippen molar-refractivity contribution < 1.29 is 5.11 Å². The number of halogens is 2. The summed E-state index contributed by atoms with van der Waals surface area (Å²) in [4.78, 5) is 0. The fourth-order valence-corrected chi connectivity index (χ4v) is 2.89. The Bertz CT molecular complexity index is 804. The van der Waals surface area contributed by atoms with Gasteiger partial charge in [-0.2, -0.15) is 0 Å². The van der Waals surface area contributed by atoms with E-state index in [1.165, 1.54) is 0 Å². The minimum Gasteiger partial charge on any atom is -0.494 e. The molecule has 2 N–H and O–H groups in total. The molecular weight excluding hydrogens is 295 g/mol. The van der Waals surface area contributed by atoms with Crippen LogP contribution >= 0.6 is 23.2 Å². The smallest absolute Gasteiger partial charge is 0.205 e. The first-order valence-corrected chi connectivity index (χ1v) is 6.68. The molecular formula is C15H10Cl2N2O. The number of aromatic nitrogens is 1. The van der Waals surface area contributed by atoms with E-state index in [4.69, 9.17) is 28.6 Å². The van der Waals surface area contributed by atoms with Gasteiger partial charge >= 0.3 is 0 Å². The number of hydrogen-bond acceptors (Lipinski definition) is 2. The molecule has 0 saturated heterocycles. The first-order valence-electron chi connectivity index (χ1n) is 5.92. The normalized spacial score (nSPS) is 10.9. The Kier molecular flexibility index (Phi) is 3.16. The third-order valence-electron chi connectivity index (χ3n) is 3.19. The van der Waals surface area contributed by atoms with Crippen LogP contribution in [-0.2, 0) is 0 Å². The summed E-state index contributed by atoms with van der Waals surface area (Å²) in [6.07, 6.45) is 1.12. The van der Waals surface area contributed by atoms with E-state index < -0.39 is 0 Å². The maximum absolute atomic E-state index is 10.4. The van der Waals surface area contributed by atoms with Crippen molar-refractivity contribution in [2.75, 3.05) is 0 Å². The summed E-state index contributed by atoms with van der Waals surface area (Å²) in [7, 11) is 0. The standard InChI is InChI=1S/C15H10Cl2N2O/c16-11-5-3-6-12(17)14(11)19-13-7-2-1-4-9(13)10(8-18)15(19)20/h1-8,18,20H. The largest absolute Gasteiger partial charge is 0.494 e. The lowest BCUT2D eigenvalue weighted by Crippen LogP contribution is -1.95. The van der Waals surface area contributed by atoms with Crippen molar-refractivity contribution in [2.24, 2.45) is 0 Å². The summed E-state index contributed by atoms with van der Waals surface area (Å²) < 4.78 is 1.57. The highest BCUT2D eigenvalue weighted by molar-refractivity contribution is 6.38. The lowest BCUT2D eigenvalue weighted by atomic mass is 10.2. The molecule has 3 aromatic rings. The molecule has 0 aliphatic carbocycles. The minimum absolute atomic E-state index is 0.0452. The van der Waals surface area contributed by atoms with Gasteiger partial charge in [-0.3, -0.25) is 4.57 Å². The zero-order valence-corrected chi connectivity index (χ0v) is 11.8. The summed E-state index contributed by atoms with van der Waals surface area (Å²) in [6, 6.07) is 12.6. The first-order chi connectivity index (χ1) is 9.65. The van der Waals surface area contributed by atoms with Crippen LogP contribution in [-0.4, -0.2) is 15.9 Å². The van der Waals surface area contributed by atoms with Gasteiger partial charge in [0.25, 0.3) is 0 Å². The van der Waals surface area contributed by atoms with Gasteiger partial charge in [0.05, 0.1) is 26.8 Å². The maximum Gasteiger partial charge on any atom is 0.205 e. The Morgan fingerprint density at radius 2 is 1.65 bits per heavy atom. The second kappa shape index (κ2) is 4.85. The van der Waals surface area contributed by atoms with Gasteiger partial charge in [0.1, 0.15) is 0 Å². The summed E-state index contributed by atoms with van der Waals surface area (Å²) in [5, 5.41) is 19.5. The fraction of sp³-hybridized carbons (Fsp3) is 0. The number of para-hydroxylation sites is 2. The molecule has 0 aliphatic heterocycles. The molecule has 0 fully saturated rings. The molecule has 0 amide bonds. The highest BCUT2D eigenvalue weighted by Gasteiger charge is 2.19. The van der Waals surface area contributed by atoms with E-state index in [9.17, 15) is 5.11 Å². The van der Waals surface area contributed by atoms with E-state index in [0.29, 0.717) is 21.3 Å². The molecule has 1 heterocycles. The van der Waals surface area contributed by atoms with Gasteiger partial charge in [-0.1, -0.05) is 47.5 Å². The number of fused-ring (bicyclic) bond motifs is 1. The van der Waals surface area contributed by atoms with E-state index in [2.05, 4.69) is 0 Å². The van der Waals surface area contributed by atoms with Crippen LogP contribution in [0.15, 0.2) is 42.5 Å². The van der Waals surface area contributed by atoms with Crippen LogP contribution in [0.1, 0.15) is 5.56 Å². The predicted molar refractivity (Wildman–Crippen MR) is 82.8 cm³/mol. The van der Waals surface area contributed by atoms with Crippen LogP contribution in [0.4, 0.5) is 0 Å². The number of aromatic hydroxyl groups is 1. The third-order valence-corrected chi connectivity index (χ3v) is 3.80. The van der Waals surface area contributed by atoms with Crippen molar-refractivity contribution in [2.45, 2.75) is 0 Å². The van der Waals surface area contributed by atoms with Crippen LogP contribution in [0.2, 0.25) is 10.0 Å². The van der Waals surface area contributed by atoms with Crippen LogP contribution in [0.3, 0.4) is 0 Å². The number of benzene rings is 2. The van der Waals surface area contributed by atoms with Crippen LogP contribution < -0.4 is 0 Å². The third kappa shape index (κ3) is 1.79. The van der Waals surface area contributed by atoms with Crippen molar-refractivity contribution in [3.63, 3.8) is 0 Å².